The molecular formula is C45H42N4O6. The fourth-order valence-corrected chi connectivity index (χ4v) is 8.43. The summed E-state index contributed by atoms with van der Waals surface area (Å²) in [4.78, 5) is 46.0. The second kappa shape index (κ2) is 14.9. The predicted octanol–water partition coefficient (Wildman–Crippen LogP) is 7.17. The summed E-state index contributed by atoms with van der Waals surface area (Å²) < 4.78 is 15.3. The maximum Gasteiger partial charge on any atom is 0.326 e. The lowest BCUT2D eigenvalue weighted by Crippen LogP contribution is -2.43. The normalized spacial score (nSPS) is 20.7. The number of amides is 2. The number of piperidine rings is 1. The summed E-state index contributed by atoms with van der Waals surface area (Å²) in [6.45, 7) is 2.60. The number of nitrogens with one attached hydrogen (secondary N) is 1. The number of H-pyrrole nitrogens is 1. The van der Waals surface area contributed by atoms with Crippen molar-refractivity contribution >= 4 is 22.8 Å². The van der Waals surface area contributed by atoms with Crippen LogP contribution in [0.25, 0.3) is 22.2 Å². The molecule has 4 heterocycles. The maximum absolute atomic E-state index is 13.2. The Labute approximate surface area is 318 Å². The molecule has 5 aromatic carbocycles. The highest BCUT2D eigenvalue weighted by molar-refractivity contribution is 6.21. The van der Waals surface area contributed by atoms with Crippen LogP contribution in [-0.2, 0) is 22.6 Å². The molecule has 0 radical (unpaired) electrons. The Bertz CT molecular complexity index is 2380. The van der Waals surface area contributed by atoms with E-state index in [9.17, 15) is 19.5 Å². The van der Waals surface area contributed by atoms with E-state index < -0.39 is 6.29 Å². The molecule has 3 aliphatic rings. The van der Waals surface area contributed by atoms with Crippen LogP contribution in [0.15, 0.2) is 126 Å². The van der Waals surface area contributed by atoms with Gasteiger partial charge in [0.05, 0.1) is 47.5 Å². The van der Waals surface area contributed by atoms with Gasteiger partial charge >= 0.3 is 5.69 Å². The average Bonchev–Trinajstić information content (AvgIpc) is 3.69. The quantitative estimate of drug-likeness (QED) is 0.151. The first-order chi connectivity index (χ1) is 26.9. The molecule has 0 saturated carbocycles. The first-order valence-corrected chi connectivity index (χ1v) is 19.0. The van der Waals surface area contributed by atoms with Gasteiger partial charge in [-0.1, -0.05) is 97.1 Å². The second-order valence-corrected chi connectivity index (χ2v) is 14.7. The molecule has 10 nitrogen and oxygen atoms in total. The minimum absolute atomic E-state index is 0.0193. The van der Waals surface area contributed by atoms with Gasteiger partial charge in [0.15, 0.2) is 6.29 Å². The Hall–Kier alpha value is -5.65. The highest BCUT2D eigenvalue weighted by Crippen LogP contribution is 2.39. The number of benzene rings is 5. The van der Waals surface area contributed by atoms with Crippen molar-refractivity contribution in [1.82, 2.24) is 19.4 Å². The summed E-state index contributed by atoms with van der Waals surface area (Å²) in [5.74, 6) is -0.553. The van der Waals surface area contributed by atoms with E-state index in [1.807, 2.05) is 102 Å². The van der Waals surface area contributed by atoms with Crippen LogP contribution >= 0.6 is 0 Å². The Kier molecular flexibility index (Phi) is 9.49. The molecular weight excluding hydrogens is 693 g/mol. The molecule has 1 aromatic heterocycles. The SMILES string of the molecule is O=C1c2ccccc2C(=O)N1Cc1ccccc1-c1ccc(C2OC(CN3CCC(n4c(=O)[nH]c5ccccc54)CC3)CC(c3ccc(CO)cc3)O2)cc1. The number of ether oxygens (including phenoxy) is 2. The number of rotatable bonds is 9. The van der Waals surface area contributed by atoms with Crippen molar-refractivity contribution in [3.63, 3.8) is 0 Å². The minimum Gasteiger partial charge on any atom is -0.392 e. The van der Waals surface area contributed by atoms with Gasteiger partial charge in [0.25, 0.3) is 11.8 Å². The van der Waals surface area contributed by atoms with Crippen molar-refractivity contribution < 1.29 is 24.2 Å². The lowest BCUT2D eigenvalue weighted by molar-refractivity contribution is -0.253. The number of imidazole rings is 1. The Morgan fingerprint density at radius 1 is 0.691 bits per heavy atom. The van der Waals surface area contributed by atoms with Crippen LogP contribution in [0.3, 0.4) is 0 Å². The van der Waals surface area contributed by atoms with Crippen molar-refractivity contribution in [1.29, 1.82) is 0 Å². The van der Waals surface area contributed by atoms with Crippen LogP contribution in [0.5, 0.6) is 0 Å². The van der Waals surface area contributed by atoms with Gasteiger partial charge in [-0.15, -0.1) is 0 Å². The van der Waals surface area contributed by atoms with Crippen molar-refractivity contribution in [2.75, 3.05) is 19.6 Å². The lowest BCUT2D eigenvalue weighted by atomic mass is 9.97. The summed E-state index contributed by atoms with van der Waals surface area (Å²) in [6.07, 6.45) is 1.51. The summed E-state index contributed by atoms with van der Waals surface area (Å²) in [7, 11) is 0. The Morgan fingerprint density at radius 2 is 1.33 bits per heavy atom. The zero-order valence-electron chi connectivity index (χ0n) is 30.3. The molecule has 3 aliphatic heterocycles. The molecule has 0 spiro atoms. The zero-order valence-corrected chi connectivity index (χ0v) is 30.3. The summed E-state index contributed by atoms with van der Waals surface area (Å²) in [5.41, 5.74) is 8.19. The number of carbonyl (C=O) groups is 2. The van der Waals surface area contributed by atoms with Crippen LogP contribution in [0, 0.1) is 0 Å². The second-order valence-electron chi connectivity index (χ2n) is 14.7. The number of aromatic nitrogens is 2. The summed E-state index contributed by atoms with van der Waals surface area (Å²) in [5, 5.41) is 9.64. The molecule has 3 atom stereocenters. The van der Waals surface area contributed by atoms with Crippen molar-refractivity contribution in [3.8, 4) is 11.1 Å². The molecule has 278 valence electrons. The monoisotopic (exact) mass is 734 g/mol. The molecule has 0 aliphatic carbocycles. The van der Waals surface area contributed by atoms with E-state index in [2.05, 4.69) is 9.88 Å². The number of carbonyl (C=O) groups excluding carboxylic acids is 2. The lowest BCUT2D eigenvalue weighted by Gasteiger charge is -2.40. The van der Waals surface area contributed by atoms with Crippen LogP contribution < -0.4 is 5.69 Å². The smallest absolute Gasteiger partial charge is 0.326 e. The van der Waals surface area contributed by atoms with Gasteiger partial charge in [0, 0.05) is 37.7 Å². The van der Waals surface area contributed by atoms with Gasteiger partial charge in [-0.05, 0) is 64.9 Å². The highest BCUT2D eigenvalue weighted by atomic mass is 16.7. The van der Waals surface area contributed by atoms with E-state index in [1.165, 1.54) is 4.90 Å². The van der Waals surface area contributed by atoms with E-state index in [-0.39, 0.29) is 48.9 Å². The fourth-order valence-electron chi connectivity index (χ4n) is 8.43. The van der Waals surface area contributed by atoms with Crippen LogP contribution in [-0.4, -0.2) is 62.0 Å². The Morgan fingerprint density at radius 3 is 2.04 bits per heavy atom. The first kappa shape index (κ1) is 35.1. The molecule has 9 rings (SSSR count). The van der Waals surface area contributed by atoms with Gasteiger partial charge < -0.3 is 24.5 Å². The largest absolute Gasteiger partial charge is 0.392 e. The minimum atomic E-state index is -0.605. The van der Waals surface area contributed by atoms with E-state index >= 15 is 0 Å². The molecule has 3 unspecified atom stereocenters. The maximum atomic E-state index is 13.2. The fraction of sp³-hybridized carbons (Fsp3) is 0.267. The summed E-state index contributed by atoms with van der Waals surface area (Å²) in [6, 6.07) is 38.9. The van der Waals surface area contributed by atoms with Gasteiger partial charge in [-0.2, -0.15) is 0 Å². The first-order valence-electron chi connectivity index (χ1n) is 19.0. The van der Waals surface area contributed by atoms with E-state index in [0.29, 0.717) is 17.5 Å². The topological polar surface area (TPSA) is 117 Å². The number of imide groups is 1. The van der Waals surface area contributed by atoms with Crippen LogP contribution in [0.4, 0.5) is 0 Å². The van der Waals surface area contributed by atoms with Crippen molar-refractivity contribution in [2.24, 2.45) is 0 Å². The number of aliphatic hydroxyl groups is 1. The molecule has 55 heavy (non-hydrogen) atoms. The standard InChI is InChI=1S/C45H42N4O6/c50-28-29-13-15-31(16-14-29)41-25-35(27-47-23-21-34(22-24-47)49-40-12-6-5-11-39(40)46-45(49)53)54-44(55-41)32-19-17-30(18-20-32)36-8-2-1-7-33(36)26-48-42(51)37-9-3-4-10-38(37)43(48)52/h1-20,34-35,41,44,50H,21-28H2,(H,46,53). The van der Waals surface area contributed by atoms with Gasteiger partial charge in [-0.3, -0.25) is 19.1 Å². The number of aromatic amines is 1. The number of aliphatic hydroxyl groups excluding tert-OH is 1. The number of likely N-dealkylation sites (tertiary alicyclic amines) is 1. The molecule has 2 N–H and O–H groups in total. The third kappa shape index (κ3) is 6.83. The van der Waals surface area contributed by atoms with Gasteiger partial charge in [-0.25, -0.2) is 4.79 Å². The number of nitrogens with zero attached hydrogens (tertiary/aromatic N) is 3. The molecule has 0 bridgehead atoms. The number of hydrogen-bond acceptors (Lipinski definition) is 7. The number of fused-ring (bicyclic) bond motifs is 2. The van der Waals surface area contributed by atoms with Gasteiger partial charge in [0.2, 0.25) is 0 Å². The Balaban J connectivity index is 0.920. The molecule has 2 amide bonds. The van der Waals surface area contributed by atoms with Crippen molar-refractivity contribution in [2.45, 2.75) is 57.0 Å². The molecule has 2 fully saturated rings. The highest BCUT2D eigenvalue weighted by Gasteiger charge is 2.36. The van der Waals surface area contributed by atoms with Gasteiger partial charge in [0.1, 0.15) is 0 Å². The van der Waals surface area contributed by atoms with Crippen LogP contribution in [0.1, 0.15) is 80.7 Å². The van der Waals surface area contributed by atoms with E-state index in [0.717, 1.165) is 76.9 Å². The van der Waals surface area contributed by atoms with Crippen LogP contribution in [0.2, 0.25) is 0 Å². The average molecular weight is 735 g/mol. The third-order valence-corrected chi connectivity index (χ3v) is 11.3. The van der Waals surface area contributed by atoms with E-state index in [1.54, 1.807) is 24.3 Å². The number of hydrogen-bond donors (Lipinski definition) is 2. The molecule has 6 aromatic rings. The number of para-hydroxylation sites is 2. The summed E-state index contributed by atoms with van der Waals surface area (Å²) >= 11 is 0. The third-order valence-electron chi connectivity index (χ3n) is 11.3. The van der Waals surface area contributed by atoms with E-state index in [4.69, 9.17) is 9.47 Å². The molecule has 10 heteroatoms. The van der Waals surface area contributed by atoms with Crippen molar-refractivity contribution in [3.05, 3.63) is 165 Å². The predicted molar refractivity (Wildman–Crippen MR) is 208 cm³/mol. The molecule has 2 saturated heterocycles. The zero-order chi connectivity index (χ0) is 37.5.